The summed E-state index contributed by atoms with van der Waals surface area (Å²) in [5.41, 5.74) is 2.15. The lowest BCUT2D eigenvalue weighted by Gasteiger charge is -2.38. The Hall–Kier alpha value is -2.77. The molecule has 0 radical (unpaired) electrons. The third-order valence-electron chi connectivity index (χ3n) is 5.47. The number of aliphatic hydroxyl groups is 1. The predicted molar refractivity (Wildman–Crippen MR) is 105 cm³/mol. The average Bonchev–Trinajstić information content (AvgIpc) is 3.14. The predicted octanol–water partition coefficient (Wildman–Crippen LogP) is 1.34. The van der Waals surface area contributed by atoms with E-state index in [4.69, 9.17) is 9.47 Å². The number of rotatable bonds is 5. The van der Waals surface area contributed by atoms with Gasteiger partial charge in [0.1, 0.15) is 5.75 Å². The number of nitrogens with zero attached hydrogens (tertiary/aromatic N) is 1. The Morgan fingerprint density at radius 1 is 1.32 bits per heavy atom. The van der Waals surface area contributed by atoms with E-state index in [1.54, 1.807) is 7.11 Å². The lowest BCUT2D eigenvalue weighted by atomic mass is 9.91. The maximum absolute atomic E-state index is 13.1. The monoisotopic (exact) mass is 383 g/mol. The molecule has 0 aliphatic carbocycles. The zero-order valence-corrected chi connectivity index (χ0v) is 15.9. The first-order valence-corrected chi connectivity index (χ1v) is 9.45. The lowest BCUT2D eigenvalue weighted by Crippen LogP contribution is -2.60. The van der Waals surface area contributed by atoms with Crippen LogP contribution in [0, 0.1) is 0 Å². The van der Waals surface area contributed by atoms with Crippen LogP contribution in [0.3, 0.4) is 0 Å². The molecule has 3 heterocycles. The first kappa shape index (κ1) is 18.6. The zero-order valence-electron chi connectivity index (χ0n) is 15.9. The minimum absolute atomic E-state index is 0.101. The first-order valence-electron chi connectivity index (χ1n) is 9.45. The molecule has 7 nitrogen and oxygen atoms in total. The highest BCUT2D eigenvalue weighted by Gasteiger charge is 2.40. The summed E-state index contributed by atoms with van der Waals surface area (Å²) < 4.78 is 10.6. The molecule has 1 amide bonds. The van der Waals surface area contributed by atoms with Gasteiger partial charge in [-0.3, -0.25) is 4.79 Å². The van der Waals surface area contributed by atoms with Crippen LogP contribution in [0.15, 0.2) is 54.4 Å². The molecule has 1 aromatic carbocycles. The summed E-state index contributed by atoms with van der Waals surface area (Å²) in [6.07, 6.45) is 8.34. The van der Waals surface area contributed by atoms with E-state index in [2.05, 4.69) is 10.6 Å². The van der Waals surface area contributed by atoms with E-state index in [1.165, 1.54) is 0 Å². The molecule has 0 bridgehead atoms. The molecule has 3 N–H and O–H groups in total. The van der Waals surface area contributed by atoms with E-state index < -0.39 is 11.7 Å². The number of benzene rings is 1. The molecule has 7 heteroatoms. The van der Waals surface area contributed by atoms with Crippen molar-refractivity contribution in [1.29, 1.82) is 0 Å². The van der Waals surface area contributed by atoms with Crippen molar-refractivity contribution in [2.45, 2.75) is 24.5 Å². The minimum Gasteiger partial charge on any atom is -0.497 e. The van der Waals surface area contributed by atoms with Gasteiger partial charge < -0.3 is 30.1 Å². The van der Waals surface area contributed by atoms with Crippen LogP contribution in [0.5, 0.6) is 5.75 Å². The van der Waals surface area contributed by atoms with Gasteiger partial charge in [-0.25, -0.2) is 0 Å². The molecule has 1 saturated heterocycles. The maximum Gasteiger partial charge on any atom is 0.264 e. The Kier molecular flexibility index (Phi) is 5.11. The number of amides is 1. The summed E-state index contributed by atoms with van der Waals surface area (Å²) in [7, 11) is 1.63. The van der Waals surface area contributed by atoms with Gasteiger partial charge in [0.05, 0.1) is 30.6 Å². The van der Waals surface area contributed by atoms with Gasteiger partial charge >= 0.3 is 0 Å². The van der Waals surface area contributed by atoms with Gasteiger partial charge in [0.15, 0.2) is 6.17 Å². The number of aliphatic hydroxyl groups excluding tert-OH is 1. The summed E-state index contributed by atoms with van der Waals surface area (Å²) in [5.74, 6) is 0.610. The minimum atomic E-state index is -0.630. The van der Waals surface area contributed by atoms with Gasteiger partial charge in [0.25, 0.3) is 5.91 Å². The second-order valence-corrected chi connectivity index (χ2v) is 7.18. The molecule has 28 heavy (non-hydrogen) atoms. The van der Waals surface area contributed by atoms with Crippen molar-refractivity contribution >= 4 is 11.6 Å². The number of methoxy groups -OCH3 is 1. The normalized spacial score (nSPS) is 22.6. The number of ether oxygens (including phenoxy) is 2. The number of allylic oxidation sites excluding steroid dienone is 3. The highest BCUT2D eigenvalue weighted by atomic mass is 16.5. The summed E-state index contributed by atoms with van der Waals surface area (Å²) in [5, 5.41) is 16.3. The topological polar surface area (TPSA) is 83.1 Å². The van der Waals surface area contributed by atoms with Gasteiger partial charge in [-0.2, -0.15) is 0 Å². The number of hydrogen-bond donors (Lipinski definition) is 3. The highest BCUT2D eigenvalue weighted by Crippen LogP contribution is 2.32. The van der Waals surface area contributed by atoms with Crippen molar-refractivity contribution in [3.8, 4) is 5.75 Å². The van der Waals surface area contributed by atoms with Crippen LogP contribution in [0.2, 0.25) is 0 Å². The molecule has 3 aliphatic rings. The molecule has 0 saturated carbocycles. The molecule has 4 rings (SSSR count). The number of carbonyl (C=O) groups excluding carboxylic acids is 1. The van der Waals surface area contributed by atoms with Crippen LogP contribution >= 0.6 is 0 Å². The Bertz CT molecular complexity index is 823. The molecular weight excluding hydrogens is 358 g/mol. The van der Waals surface area contributed by atoms with Crippen molar-refractivity contribution in [1.82, 2.24) is 15.5 Å². The number of fused-ring (bicyclic) bond motifs is 1. The second kappa shape index (κ2) is 7.69. The summed E-state index contributed by atoms with van der Waals surface area (Å²) in [6.45, 7) is 0.966. The fourth-order valence-electron chi connectivity index (χ4n) is 3.77. The smallest absolute Gasteiger partial charge is 0.264 e. The number of nitrogens with one attached hydrogen (secondary N) is 2. The maximum atomic E-state index is 13.1. The highest BCUT2D eigenvalue weighted by molar-refractivity contribution is 5.88. The van der Waals surface area contributed by atoms with E-state index in [1.807, 2.05) is 53.6 Å². The zero-order chi connectivity index (χ0) is 19.6. The Morgan fingerprint density at radius 2 is 2.07 bits per heavy atom. The first-order chi connectivity index (χ1) is 13.7. The van der Waals surface area contributed by atoms with Gasteiger partial charge in [-0.1, -0.05) is 6.08 Å². The Balaban J connectivity index is 1.57. The van der Waals surface area contributed by atoms with E-state index in [-0.39, 0.29) is 12.5 Å². The molecule has 3 aliphatic heterocycles. The summed E-state index contributed by atoms with van der Waals surface area (Å²) in [6, 6.07) is 7.72. The van der Waals surface area contributed by atoms with Crippen molar-refractivity contribution in [2.75, 3.05) is 26.9 Å². The third-order valence-corrected chi connectivity index (χ3v) is 5.47. The summed E-state index contributed by atoms with van der Waals surface area (Å²) in [4.78, 5) is 15.1. The number of carbonyl (C=O) groups is 1. The van der Waals surface area contributed by atoms with Gasteiger partial charge in [0, 0.05) is 25.0 Å². The van der Waals surface area contributed by atoms with E-state index >= 15 is 0 Å². The van der Waals surface area contributed by atoms with Gasteiger partial charge in [-0.05, 0) is 49.3 Å². The van der Waals surface area contributed by atoms with E-state index in [0.717, 1.165) is 22.7 Å². The molecule has 0 aromatic heterocycles. The second-order valence-electron chi connectivity index (χ2n) is 7.18. The lowest BCUT2D eigenvalue weighted by molar-refractivity contribution is -0.129. The van der Waals surface area contributed by atoms with Crippen molar-refractivity contribution in [3.05, 3.63) is 60.0 Å². The third kappa shape index (κ3) is 3.39. The van der Waals surface area contributed by atoms with Crippen LogP contribution in [0.25, 0.3) is 5.70 Å². The standard InChI is InChI=1S/C21H25N3O4/c1-27-16-7-5-15(6-8-16)18-17-4-2-3-11-24(17)19(22-18)20(26)23-21(14-25)9-12-28-13-10-21/h2-8,11,19,22,25H,9-10,12-14H2,1H3,(H,23,26). The molecule has 148 valence electrons. The number of hydrogen-bond acceptors (Lipinski definition) is 6. The molecule has 1 fully saturated rings. The average molecular weight is 383 g/mol. The van der Waals surface area contributed by atoms with Crippen LogP contribution in [-0.2, 0) is 9.53 Å². The van der Waals surface area contributed by atoms with E-state index in [0.29, 0.717) is 26.1 Å². The molecule has 0 spiro atoms. The SMILES string of the molecule is COc1ccc(C2=C3C=CC=CN3C(C(=O)NC3(CO)CCOCC3)N2)cc1. The summed E-state index contributed by atoms with van der Waals surface area (Å²) >= 11 is 0. The van der Waals surface area contributed by atoms with Crippen LogP contribution in [-0.4, -0.2) is 54.5 Å². The van der Waals surface area contributed by atoms with Gasteiger partial charge in [-0.15, -0.1) is 0 Å². The Morgan fingerprint density at radius 3 is 2.75 bits per heavy atom. The quantitative estimate of drug-likeness (QED) is 0.712. The van der Waals surface area contributed by atoms with Crippen LogP contribution < -0.4 is 15.4 Å². The largest absolute Gasteiger partial charge is 0.497 e. The fourth-order valence-corrected chi connectivity index (χ4v) is 3.77. The molecule has 1 aromatic rings. The van der Waals surface area contributed by atoms with Crippen molar-refractivity contribution in [2.24, 2.45) is 0 Å². The molecular formula is C21H25N3O4. The van der Waals surface area contributed by atoms with E-state index in [9.17, 15) is 9.90 Å². The van der Waals surface area contributed by atoms with Crippen molar-refractivity contribution in [3.63, 3.8) is 0 Å². The Labute approximate surface area is 164 Å². The van der Waals surface area contributed by atoms with Crippen molar-refractivity contribution < 1.29 is 19.4 Å². The van der Waals surface area contributed by atoms with Gasteiger partial charge in [0.2, 0.25) is 0 Å². The van der Waals surface area contributed by atoms with Crippen LogP contribution in [0.1, 0.15) is 18.4 Å². The molecule has 1 atom stereocenters. The fraction of sp³-hybridized carbons (Fsp3) is 0.381. The molecule has 1 unspecified atom stereocenters. The van der Waals surface area contributed by atoms with Crippen LogP contribution in [0.4, 0.5) is 0 Å².